The first-order valence-corrected chi connectivity index (χ1v) is 6.79. The van der Waals surface area contributed by atoms with Gasteiger partial charge in [-0.2, -0.15) is 0 Å². The topological polar surface area (TPSA) is 17.3 Å². The van der Waals surface area contributed by atoms with Gasteiger partial charge < -0.3 is 4.40 Å². The van der Waals surface area contributed by atoms with E-state index >= 15 is 0 Å². The van der Waals surface area contributed by atoms with Gasteiger partial charge in [-0.25, -0.2) is 4.98 Å². The quantitative estimate of drug-likeness (QED) is 0.598. The first kappa shape index (κ1) is 12.8. The number of aromatic nitrogens is 2. The molecule has 1 aromatic carbocycles. The number of halogens is 3. The molecule has 2 nitrogen and oxygen atoms in total. The molecule has 3 rings (SSSR count). The Morgan fingerprint density at radius 3 is 2.37 bits per heavy atom. The number of pyridine rings is 1. The summed E-state index contributed by atoms with van der Waals surface area (Å²) >= 11 is 18.1. The van der Waals surface area contributed by atoms with Crippen molar-refractivity contribution in [3.63, 3.8) is 0 Å². The summed E-state index contributed by atoms with van der Waals surface area (Å²) in [5.41, 5.74) is 3.56. The number of fused-ring (bicyclic) bond motifs is 1. The molecule has 0 fully saturated rings. The first-order chi connectivity index (χ1) is 9.06. The highest BCUT2D eigenvalue weighted by Crippen LogP contribution is 2.29. The molecule has 0 aliphatic carbocycles. The van der Waals surface area contributed by atoms with Crippen molar-refractivity contribution in [2.75, 3.05) is 0 Å². The molecule has 2 aromatic heterocycles. The maximum atomic E-state index is 6.17. The van der Waals surface area contributed by atoms with Crippen LogP contribution in [0.3, 0.4) is 0 Å². The minimum atomic E-state index is 0.538. The van der Waals surface area contributed by atoms with Crippen LogP contribution in [-0.4, -0.2) is 9.38 Å². The number of hydrogen-bond acceptors (Lipinski definition) is 1. The molecular weight excluding hydrogens is 303 g/mol. The lowest BCUT2D eigenvalue weighted by Crippen LogP contribution is -1.88. The molecule has 0 aliphatic heterocycles. The van der Waals surface area contributed by atoms with E-state index in [0.29, 0.717) is 20.7 Å². The lowest BCUT2D eigenvalue weighted by atomic mass is 10.1. The van der Waals surface area contributed by atoms with Gasteiger partial charge in [-0.15, -0.1) is 0 Å². The molecule has 19 heavy (non-hydrogen) atoms. The van der Waals surface area contributed by atoms with Gasteiger partial charge in [-0.05, 0) is 25.1 Å². The molecule has 0 saturated carbocycles. The average molecular weight is 312 g/mol. The molecule has 3 aromatic rings. The Morgan fingerprint density at radius 1 is 1.00 bits per heavy atom. The van der Waals surface area contributed by atoms with Crippen LogP contribution in [0, 0.1) is 6.92 Å². The van der Waals surface area contributed by atoms with Crippen molar-refractivity contribution in [3.05, 3.63) is 57.3 Å². The highest BCUT2D eigenvalue weighted by Gasteiger charge is 2.13. The Labute approximate surface area is 125 Å². The molecule has 96 valence electrons. The van der Waals surface area contributed by atoms with E-state index in [2.05, 4.69) is 4.98 Å². The van der Waals surface area contributed by atoms with Crippen molar-refractivity contribution in [3.8, 4) is 11.3 Å². The monoisotopic (exact) mass is 310 g/mol. The van der Waals surface area contributed by atoms with E-state index in [1.165, 1.54) is 0 Å². The summed E-state index contributed by atoms with van der Waals surface area (Å²) in [6.45, 7) is 1.98. The summed E-state index contributed by atoms with van der Waals surface area (Å²) in [5.74, 6) is 0. The van der Waals surface area contributed by atoms with Crippen molar-refractivity contribution in [1.29, 1.82) is 0 Å². The summed E-state index contributed by atoms with van der Waals surface area (Å²) in [6, 6.07) is 9.25. The van der Waals surface area contributed by atoms with Gasteiger partial charge in [-0.1, -0.05) is 46.9 Å². The maximum absolute atomic E-state index is 6.17. The van der Waals surface area contributed by atoms with Crippen LogP contribution in [0.4, 0.5) is 0 Å². The van der Waals surface area contributed by atoms with Crippen molar-refractivity contribution < 1.29 is 0 Å². The van der Waals surface area contributed by atoms with E-state index in [-0.39, 0.29) is 0 Å². The highest BCUT2D eigenvalue weighted by molar-refractivity contribution is 6.36. The fourth-order valence-corrected chi connectivity index (χ4v) is 2.71. The van der Waals surface area contributed by atoms with Gasteiger partial charge >= 0.3 is 0 Å². The summed E-state index contributed by atoms with van der Waals surface area (Å²) < 4.78 is 1.90. The summed E-state index contributed by atoms with van der Waals surface area (Å²) in [6.07, 6.45) is 1.81. The Balaban J connectivity index is 2.28. The smallest absolute Gasteiger partial charge is 0.156 e. The molecule has 0 unspecified atom stereocenters. The lowest BCUT2D eigenvalue weighted by Gasteiger charge is -2.00. The maximum Gasteiger partial charge on any atom is 0.156 e. The number of aryl methyl sites for hydroxylation is 1. The van der Waals surface area contributed by atoms with Gasteiger partial charge in [0.15, 0.2) is 5.65 Å². The second-order valence-electron chi connectivity index (χ2n) is 4.25. The standard InChI is InChI=1S/C14H9Cl3N2/c1-8-13(9-2-4-10(15)5-3-9)18-14-12(17)6-11(16)7-19(8)14/h2-7H,1H3. The average Bonchev–Trinajstić information content (AvgIpc) is 2.69. The van der Waals surface area contributed by atoms with Gasteiger partial charge in [0.2, 0.25) is 0 Å². The summed E-state index contributed by atoms with van der Waals surface area (Å²) in [5, 5.41) is 1.82. The predicted molar refractivity (Wildman–Crippen MR) is 80.4 cm³/mol. The molecule has 0 amide bonds. The van der Waals surface area contributed by atoms with Crippen molar-refractivity contribution in [2.24, 2.45) is 0 Å². The van der Waals surface area contributed by atoms with E-state index in [9.17, 15) is 0 Å². The van der Waals surface area contributed by atoms with Crippen LogP contribution in [0.2, 0.25) is 15.1 Å². The van der Waals surface area contributed by atoms with E-state index in [0.717, 1.165) is 17.0 Å². The fourth-order valence-electron chi connectivity index (χ4n) is 2.07. The molecule has 5 heteroatoms. The van der Waals surface area contributed by atoms with Crippen LogP contribution >= 0.6 is 34.8 Å². The van der Waals surface area contributed by atoms with Gasteiger partial charge in [0, 0.05) is 22.5 Å². The van der Waals surface area contributed by atoms with E-state index in [4.69, 9.17) is 34.8 Å². The molecule has 0 saturated heterocycles. The number of rotatable bonds is 1. The second-order valence-corrected chi connectivity index (χ2v) is 5.53. The summed E-state index contributed by atoms with van der Waals surface area (Å²) in [4.78, 5) is 4.58. The molecular formula is C14H9Cl3N2. The molecule has 0 N–H and O–H groups in total. The van der Waals surface area contributed by atoms with Crippen LogP contribution in [0.15, 0.2) is 36.5 Å². The van der Waals surface area contributed by atoms with E-state index in [1.807, 2.05) is 41.8 Å². The van der Waals surface area contributed by atoms with Gasteiger partial charge in [0.25, 0.3) is 0 Å². The second kappa shape index (κ2) is 4.71. The number of nitrogens with zero attached hydrogens (tertiary/aromatic N) is 2. The van der Waals surface area contributed by atoms with Crippen LogP contribution in [0.25, 0.3) is 16.9 Å². The minimum Gasteiger partial charge on any atom is -0.301 e. The molecule has 2 heterocycles. The number of benzene rings is 1. The normalized spacial score (nSPS) is 11.2. The first-order valence-electron chi connectivity index (χ1n) is 5.66. The number of hydrogen-bond donors (Lipinski definition) is 0. The Hall–Kier alpha value is -1.22. The third kappa shape index (κ3) is 2.20. The SMILES string of the molecule is Cc1c(-c2ccc(Cl)cc2)nc2c(Cl)cc(Cl)cn12. The van der Waals surface area contributed by atoms with Crippen LogP contribution in [0.5, 0.6) is 0 Å². The Morgan fingerprint density at radius 2 is 1.68 bits per heavy atom. The molecule has 0 spiro atoms. The van der Waals surface area contributed by atoms with Crippen LogP contribution in [-0.2, 0) is 0 Å². The van der Waals surface area contributed by atoms with Crippen molar-refractivity contribution in [1.82, 2.24) is 9.38 Å². The van der Waals surface area contributed by atoms with Crippen LogP contribution in [0.1, 0.15) is 5.69 Å². The number of imidazole rings is 1. The largest absolute Gasteiger partial charge is 0.301 e. The van der Waals surface area contributed by atoms with Gasteiger partial charge in [-0.3, -0.25) is 0 Å². The van der Waals surface area contributed by atoms with Crippen molar-refractivity contribution >= 4 is 40.4 Å². The third-order valence-electron chi connectivity index (χ3n) is 3.00. The van der Waals surface area contributed by atoms with Crippen LogP contribution < -0.4 is 0 Å². The molecule has 0 radical (unpaired) electrons. The van der Waals surface area contributed by atoms with E-state index in [1.54, 1.807) is 6.07 Å². The molecule has 0 aliphatic rings. The zero-order valence-corrected chi connectivity index (χ0v) is 12.3. The Kier molecular flexibility index (Phi) is 3.17. The Bertz CT molecular complexity index is 760. The van der Waals surface area contributed by atoms with Crippen molar-refractivity contribution in [2.45, 2.75) is 6.92 Å². The zero-order chi connectivity index (χ0) is 13.6. The predicted octanol–water partition coefficient (Wildman–Crippen LogP) is 5.27. The van der Waals surface area contributed by atoms with Gasteiger partial charge in [0.1, 0.15) is 0 Å². The highest BCUT2D eigenvalue weighted by atomic mass is 35.5. The lowest BCUT2D eigenvalue weighted by molar-refractivity contribution is 1.11. The zero-order valence-electron chi connectivity index (χ0n) is 9.99. The minimum absolute atomic E-state index is 0.538. The molecule has 0 bridgehead atoms. The molecule has 0 atom stereocenters. The fraction of sp³-hybridized carbons (Fsp3) is 0.0714. The van der Waals surface area contributed by atoms with Gasteiger partial charge in [0.05, 0.1) is 15.7 Å². The summed E-state index contributed by atoms with van der Waals surface area (Å²) in [7, 11) is 0. The van der Waals surface area contributed by atoms with E-state index < -0.39 is 0 Å². The third-order valence-corrected chi connectivity index (χ3v) is 3.74.